The maximum absolute atomic E-state index is 12.0. The molecule has 5 nitrogen and oxygen atoms in total. The van der Waals surface area contributed by atoms with Gasteiger partial charge in [-0.3, -0.25) is 10.5 Å². The Morgan fingerprint density at radius 1 is 1.26 bits per heavy atom. The van der Waals surface area contributed by atoms with Crippen LogP contribution in [0.4, 0.5) is 0 Å². The van der Waals surface area contributed by atoms with Crippen molar-refractivity contribution in [3.8, 4) is 5.75 Å². The molecule has 118 valence electrons. The van der Waals surface area contributed by atoms with Crippen LogP contribution in [0, 0.1) is 0 Å². The van der Waals surface area contributed by atoms with Gasteiger partial charge < -0.3 is 4.74 Å². The first-order chi connectivity index (χ1) is 11.0. The highest BCUT2D eigenvalue weighted by molar-refractivity contribution is 6.35. The monoisotopic (exact) mass is 350 g/mol. The third-order valence-electron chi connectivity index (χ3n) is 3.42. The smallest absolute Gasteiger partial charge is 0.299 e. The van der Waals surface area contributed by atoms with Gasteiger partial charge in [0.05, 0.1) is 10.6 Å². The molecule has 2 aromatic carbocycles. The summed E-state index contributed by atoms with van der Waals surface area (Å²) in [5.41, 5.74) is 10.7. The zero-order valence-corrected chi connectivity index (χ0v) is 13.6. The molecule has 3 rings (SSSR count). The number of carbonyl (C=O) groups is 1. The average molecular weight is 351 g/mol. The average Bonchev–Trinajstić information content (AvgIpc) is 2.83. The van der Waals surface area contributed by atoms with E-state index < -0.39 is 0 Å². The van der Waals surface area contributed by atoms with Crippen molar-refractivity contribution in [1.82, 2.24) is 5.43 Å². The fourth-order valence-corrected chi connectivity index (χ4v) is 2.79. The summed E-state index contributed by atoms with van der Waals surface area (Å²) in [4.78, 5) is 12.0. The molecular formula is C16H14Cl2N3O2+. The molecule has 2 aromatic rings. The summed E-state index contributed by atoms with van der Waals surface area (Å²) in [6, 6.07) is 12.5. The number of hydrazone groups is 1. The largest absolute Gasteiger partial charge is 0.482 e. The number of halogens is 2. The van der Waals surface area contributed by atoms with Crippen LogP contribution >= 0.6 is 23.2 Å². The number of nitrogens with one attached hydrogen (secondary N) is 1. The Labute approximate surface area is 143 Å². The summed E-state index contributed by atoms with van der Waals surface area (Å²) in [6.45, 7) is 0.344. The van der Waals surface area contributed by atoms with Gasteiger partial charge in [-0.25, -0.2) is 0 Å². The Hall–Kier alpha value is -2.24. The zero-order chi connectivity index (χ0) is 16.4. The van der Waals surface area contributed by atoms with Crippen LogP contribution in [0.5, 0.6) is 5.75 Å². The van der Waals surface area contributed by atoms with E-state index in [-0.39, 0.29) is 12.5 Å². The van der Waals surface area contributed by atoms with Crippen molar-refractivity contribution in [2.24, 2.45) is 5.73 Å². The van der Waals surface area contributed by atoms with E-state index >= 15 is 0 Å². The van der Waals surface area contributed by atoms with Crippen molar-refractivity contribution >= 4 is 34.9 Å². The fourth-order valence-electron chi connectivity index (χ4n) is 2.33. The molecule has 0 bridgehead atoms. The molecule has 0 saturated carbocycles. The molecule has 1 aliphatic heterocycles. The van der Waals surface area contributed by atoms with Gasteiger partial charge in [-0.15, -0.1) is 0 Å². The predicted octanol–water partition coefficient (Wildman–Crippen LogP) is 2.34. The number of ether oxygens (including phenoxy) is 1. The highest BCUT2D eigenvalue weighted by Gasteiger charge is 2.25. The number of nitrogens with zero attached hydrogens (tertiary/aromatic N) is 1. The summed E-state index contributed by atoms with van der Waals surface area (Å²) >= 11 is 11.8. The molecule has 1 aliphatic rings. The first-order valence-electron chi connectivity index (χ1n) is 6.90. The van der Waals surface area contributed by atoms with Crippen molar-refractivity contribution in [1.29, 1.82) is 0 Å². The number of hydrazine groups is 1. The summed E-state index contributed by atoms with van der Waals surface area (Å²) in [7, 11) is 0. The molecular weight excluding hydrogens is 337 g/mol. The Bertz CT molecular complexity index is 806. The van der Waals surface area contributed by atoms with E-state index in [0.717, 1.165) is 11.1 Å². The Balaban J connectivity index is 1.62. The molecule has 0 spiro atoms. The first-order valence-corrected chi connectivity index (χ1v) is 7.66. The van der Waals surface area contributed by atoms with Crippen molar-refractivity contribution in [3.05, 3.63) is 63.6 Å². The molecule has 0 fully saturated rings. The van der Waals surface area contributed by atoms with Gasteiger partial charge in [0.25, 0.3) is 11.7 Å². The normalized spacial score (nSPS) is 13.0. The number of carbonyl (C=O) groups excluding carboxylic acids is 1. The lowest BCUT2D eigenvalue weighted by molar-refractivity contribution is -0.586. The van der Waals surface area contributed by atoms with Crippen LogP contribution in [0.3, 0.4) is 0 Å². The lowest BCUT2D eigenvalue weighted by Crippen LogP contribution is -2.40. The first kappa shape index (κ1) is 15.6. The second-order valence-corrected chi connectivity index (χ2v) is 5.87. The lowest BCUT2D eigenvalue weighted by Gasteiger charge is -2.09. The van der Waals surface area contributed by atoms with Crippen LogP contribution < -0.4 is 15.9 Å². The van der Waals surface area contributed by atoms with E-state index in [1.54, 1.807) is 22.9 Å². The van der Waals surface area contributed by atoms with Crippen LogP contribution in [0.2, 0.25) is 10.0 Å². The molecule has 7 heteroatoms. The molecule has 1 amide bonds. The van der Waals surface area contributed by atoms with Crippen molar-refractivity contribution in [2.75, 3.05) is 6.61 Å². The standard InChI is InChI=1S/C16H13Cl2N3O2/c17-11-5-6-14(13(18)7-11)23-9-15(22)20-21-8-10-3-1-2-4-12(10)16(21)19/h1-7,19H,8-9H2,(H,20,22)/p+1. The minimum absolute atomic E-state index is 0.179. The minimum atomic E-state index is -0.327. The minimum Gasteiger partial charge on any atom is -0.482 e. The van der Waals surface area contributed by atoms with Crippen molar-refractivity contribution < 1.29 is 14.2 Å². The highest BCUT2D eigenvalue weighted by atomic mass is 35.5. The number of benzene rings is 2. The highest BCUT2D eigenvalue weighted by Crippen LogP contribution is 2.27. The summed E-state index contributed by atoms with van der Waals surface area (Å²) < 4.78 is 6.99. The second kappa shape index (κ2) is 6.48. The number of hydrogen-bond donors (Lipinski definition) is 2. The van der Waals surface area contributed by atoms with E-state index in [1.165, 1.54) is 0 Å². The van der Waals surface area contributed by atoms with Gasteiger partial charge in [-0.05, 0) is 24.3 Å². The van der Waals surface area contributed by atoms with Gasteiger partial charge in [-0.1, -0.05) is 41.4 Å². The number of rotatable bonds is 4. The van der Waals surface area contributed by atoms with Crippen LogP contribution in [0.15, 0.2) is 42.5 Å². The molecule has 0 saturated heterocycles. The molecule has 0 radical (unpaired) electrons. The van der Waals surface area contributed by atoms with Crippen LogP contribution in [-0.4, -0.2) is 23.0 Å². The quantitative estimate of drug-likeness (QED) is 0.831. The van der Waals surface area contributed by atoms with Crippen molar-refractivity contribution in [2.45, 2.75) is 6.54 Å². The van der Waals surface area contributed by atoms with Gasteiger partial charge in [0.1, 0.15) is 12.3 Å². The van der Waals surface area contributed by atoms with Crippen LogP contribution in [-0.2, 0) is 11.3 Å². The summed E-state index contributed by atoms with van der Waals surface area (Å²) in [5.74, 6) is 0.582. The zero-order valence-electron chi connectivity index (χ0n) is 12.1. The number of amides is 1. The SMILES string of the molecule is NC1=[N+](NC(=O)COc2ccc(Cl)cc2Cl)Cc2ccccc21. The topological polar surface area (TPSA) is 67.4 Å². The molecule has 0 unspecified atom stereocenters. The van der Waals surface area contributed by atoms with E-state index in [2.05, 4.69) is 5.43 Å². The Kier molecular flexibility index (Phi) is 4.41. The number of fused-ring (bicyclic) bond motifs is 1. The van der Waals surface area contributed by atoms with Gasteiger partial charge in [0, 0.05) is 10.6 Å². The maximum atomic E-state index is 12.0. The second-order valence-electron chi connectivity index (χ2n) is 5.03. The van der Waals surface area contributed by atoms with E-state index in [9.17, 15) is 4.79 Å². The molecule has 0 aliphatic carbocycles. The van der Waals surface area contributed by atoms with E-state index in [0.29, 0.717) is 28.2 Å². The third kappa shape index (κ3) is 3.41. The number of hydrogen-bond acceptors (Lipinski definition) is 3. The predicted molar refractivity (Wildman–Crippen MR) is 88.8 cm³/mol. The van der Waals surface area contributed by atoms with E-state index in [1.807, 2.05) is 24.3 Å². The molecule has 0 atom stereocenters. The Morgan fingerprint density at radius 2 is 2.04 bits per heavy atom. The number of nitrogens with two attached hydrogens (primary N) is 1. The van der Waals surface area contributed by atoms with E-state index in [4.69, 9.17) is 33.7 Å². The fraction of sp³-hybridized carbons (Fsp3) is 0.125. The van der Waals surface area contributed by atoms with Gasteiger partial charge in [-0.2, -0.15) is 10.1 Å². The molecule has 1 heterocycles. The molecule has 23 heavy (non-hydrogen) atoms. The van der Waals surface area contributed by atoms with Crippen molar-refractivity contribution in [3.63, 3.8) is 0 Å². The van der Waals surface area contributed by atoms with Crippen LogP contribution in [0.25, 0.3) is 0 Å². The van der Waals surface area contributed by atoms with Gasteiger partial charge >= 0.3 is 0 Å². The Morgan fingerprint density at radius 3 is 2.78 bits per heavy atom. The van der Waals surface area contributed by atoms with Gasteiger partial charge in [0.2, 0.25) is 0 Å². The maximum Gasteiger partial charge on any atom is 0.299 e. The molecule has 3 N–H and O–H groups in total. The summed E-state index contributed by atoms with van der Waals surface area (Å²) in [5, 5.41) is 0.856. The van der Waals surface area contributed by atoms with Crippen LogP contribution in [0.1, 0.15) is 11.1 Å². The third-order valence-corrected chi connectivity index (χ3v) is 3.96. The lowest BCUT2D eigenvalue weighted by atomic mass is 10.1. The van der Waals surface area contributed by atoms with Gasteiger partial charge in [0.15, 0.2) is 6.61 Å². The number of amidine groups is 1. The molecule has 0 aromatic heterocycles. The summed E-state index contributed by atoms with van der Waals surface area (Å²) in [6.07, 6.45) is 0.